The van der Waals surface area contributed by atoms with Crippen LogP contribution in [0.3, 0.4) is 0 Å². The summed E-state index contributed by atoms with van der Waals surface area (Å²) in [6, 6.07) is 5.37. The SMILES string of the molecule is CC(=O)C1=NN(c2ccc(S(N)(=O)=O)cc2)C(=O)C1. The van der Waals surface area contributed by atoms with Crippen LogP contribution in [0.4, 0.5) is 5.69 Å². The average Bonchev–Trinajstić information content (AvgIpc) is 2.70. The van der Waals surface area contributed by atoms with Gasteiger partial charge < -0.3 is 0 Å². The third-order valence-corrected chi connectivity index (χ3v) is 3.52. The van der Waals surface area contributed by atoms with Crippen molar-refractivity contribution in [3.05, 3.63) is 24.3 Å². The first-order chi connectivity index (χ1) is 8.79. The van der Waals surface area contributed by atoms with Crippen LogP contribution in [0, 0.1) is 0 Å². The summed E-state index contributed by atoms with van der Waals surface area (Å²) in [5, 5.41) is 9.94. The van der Waals surface area contributed by atoms with Gasteiger partial charge in [-0.1, -0.05) is 0 Å². The van der Waals surface area contributed by atoms with E-state index < -0.39 is 10.0 Å². The van der Waals surface area contributed by atoms with Gasteiger partial charge in [-0.2, -0.15) is 5.10 Å². The Morgan fingerprint density at radius 2 is 1.89 bits per heavy atom. The zero-order valence-corrected chi connectivity index (χ0v) is 10.8. The summed E-state index contributed by atoms with van der Waals surface area (Å²) in [6.45, 7) is 1.33. The Bertz CT molecular complexity index is 676. The molecule has 1 aliphatic heterocycles. The minimum Gasteiger partial charge on any atom is -0.293 e. The van der Waals surface area contributed by atoms with Gasteiger partial charge in [0.05, 0.1) is 17.0 Å². The van der Waals surface area contributed by atoms with Gasteiger partial charge in [-0.3, -0.25) is 9.59 Å². The van der Waals surface area contributed by atoms with Crippen molar-refractivity contribution in [2.45, 2.75) is 18.2 Å². The van der Waals surface area contributed by atoms with Crippen molar-refractivity contribution in [3.8, 4) is 0 Å². The maximum atomic E-state index is 11.7. The minimum absolute atomic E-state index is 0.0493. The molecule has 7 nitrogen and oxygen atoms in total. The lowest BCUT2D eigenvalue weighted by atomic mass is 10.2. The number of benzene rings is 1. The summed E-state index contributed by atoms with van der Waals surface area (Å²) in [5.41, 5.74) is 0.564. The molecule has 19 heavy (non-hydrogen) atoms. The van der Waals surface area contributed by atoms with E-state index in [2.05, 4.69) is 5.10 Å². The van der Waals surface area contributed by atoms with Crippen molar-refractivity contribution in [3.63, 3.8) is 0 Å². The maximum Gasteiger partial charge on any atom is 0.253 e. The third-order valence-electron chi connectivity index (χ3n) is 2.59. The number of ketones is 1. The molecule has 1 heterocycles. The monoisotopic (exact) mass is 281 g/mol. The van der Waals surface area contributed by atoms with E-state index in [4.69, 9.17) is 5.14 Å². The van der Waals surface area contributed by atoms with Crippen LogP contribution in [0.15, 0.2) is 34.3 Å². The highest BCUT2D eigenvalue weighted by Crippen LogP contribution is 2.22. The third kappa shape index (κ3) is 2.69. The average molecular weight is 281 g/mol. The van der Waals surface area contributed by atoms with Crippen molar-refractivity contribution in [1.29, 1.82) is 0 Å². The van der Waals surface area contributed by atoms with Gasteiger partial charge in [0.15, 0.2) is 5.78 Å². The molecule has 0 aromatic heterocycles. The molecule has 2 rings (SSSR count). The first kappa shape index (κ1) is 13.4. The van der Waals surface area contributed by atoms with E-state index in [1.165, 1.54) is 31.2 Å². The quantitative estimate of drug-likeness (QED) is 0.841. The van der Waals surface area contributed by atoms with Gasteiger partial charge in [0, 0.05) is 6.92 Å². The molecule has 0 aliphatic carbocycles. The molecule has 0 fully saturated rings. The molecule has 8 heteroatoms. The smallest absolute Gasteiger partial charge is 0.253 e. The van der Waals surface area contributed by atoms with E-state index in [1.54, 1.807) is 0 Å². The summed E-state index contributed by atoms with van der Waals surface area (Å²) >= 11 is 0. The molecule has 100 valence electrons. The number of hydrazone groups is 1. The number of primary sulfonamides is 1. The number of rotatable bonds is 3. The summed E-state index contributed by atoms with van der Waals surface area (Å²) in [7, 11) is -3.77. The van der Waals surface area contributed by atoms with Crippen molar-refractivity contribution in [2.75, 3.05) is 5.01 Å². The molecule has 0 bridgehead atoms. The highest BCUT2D eigenvalue weighted by atomic mass is 32.2. The first-order valence-corrected chi connectivity index (χ1v) is 6.88. The van der Waals surface area contributed by atoms with Crippen LogP contribution in [-0.2, 0) is 19.6 Å². The van der Waals surface area contributed by atoms with Crippen LogP contribution >= 0.6 is 0 Å². The zero-order chi connectivity index (χ0) is 14.2. The Kier molecular flexibility index (Phi) is 3.21. The Labute approximate surface area is 109 Å². The number of carbonyl (C=O) groups is 2. The van der Waals surface area contributed by atoms with Crippen molar-refractivity contribution in [1.82, 2.24) is 0 Å². The normalized spacial score (nSPS) is 15.6. The largest absolute Gasteiger partial charge is 0.293 e. The summed E-state index contributed by atoms with van der Waals surface area (Å²) < 4.78 is 22.2. The van der Waals surface area contributed by atoms with E-state index >= 15 is 0 Å². The lowest BCUT2D eigenvalue weighted by molar-refractivity contribution is -0.117. The highest BCUT2D eigenvalue weighted by Gasteiger charge is 2.27. The molecule has 0 unspecified atom stereocenters. The lowest BCUT2D eigenvalue weighted by Gasteiger charge is -2.11. The number of hydrogen-bond acceptors (Lipinski definition) is 5. The fourth-order valence-electron chi connectivity index (χ4n) is 1.60. The predicted molar refractivity (Wildman–Crippen MR) is 68.0 cm³/mol. The van der Waals surface area contributed by atoms with Crippen molar-refractivity contribution in [2.24, 2.45) is 10.2 Å². The molecule has 0 atom stereocenters. The van der Waals surface area contributed by atoms with Gasteiger partial charge in [-0.25, -0.2) is 18.6 Å². The molecule has 0 saturated carbocycles. The summed E-state index contributed by atoms with van der Waals surface area (Å²) in [4.78, 5) is 22.8. The molecule has 0 spiro atoms. The summed E-state index contributed by atoms with van der Waals surface area (Å²) in [5.74, 6) is -0.606. The number of hydrogen-bond donors (Lipinski definition) is 1. The Balaban J connectivity index is 2.34. The van der Waals surface area contributed by atoms with Gasteiger partial charge in [0.2, 0.25) is 10.0 Å². The molecule has 1 aromatic rings. The molecule has 0 radical (unpaired) electrons. The van der Waals surface area contributed by atoms with E-state index in [1.807, 2.05) is 0 Å². The van der Waals surface area contributed by atoms with E-state index in [-0.39, 0.29) is 28.7 Å². The van der Waals surface area contributed by atoms with Gasteiger partial charge >= 0.3 is 0 Å². The van der Waals surface area contributed by atoms with E-state index in [9.17, 15) is 18.0 Å². The van der Waals surface area contributed by atoms with Gasteiger partial charge in [-0.15, -0.1) is 0 Å². The van der Waals surface area contributed by atoms with Crippen LogP contribution in [0.1, 0.15) is 13.3 Å². The molecule has 1 aromatic carbocycles. The Morgan fingerprint density at radius 3 is 2.32 bits per heavy atom. The van der Waals surface area contributed by atoms with Crippen LogP contribution in [0.2, 0.25) is 0 Å². The van der Waals surface area contributed by atoms with Gasteiger partial charge in [0.1, 0.15) is 5.71 Å². The first-order valence-electron chi connectivity index (χ1n) is 5.33. The number of Topliss-reactive ketones (excluding diaryl/α,β-unsaturated/α-hetero) is 1. The second kappa shape index (κ2) is 4.56. The summed E-state index contributed by atoms with van der Waals surface area (Å²) in [6.07, 6.45) is -0.0493. The molecule has 1 aliphatic rings. The number of anilines is 1. The molecular formula is C11H11N3O4S. The fraction of sp³-hybridized carbons (Fsp3) is 0.182. The van der Waals surface area contributed by atoms with Crippen LogP contribution in [0.25, 0.3) is 0 Å². The van der Waals surface area contributed by atoms with Crippen molar-refractivity contribution < 1.29 is 18.0 Å². The lowest BCUT2D eigenvalue weighted by Crippen LogP contribution is -2.20. The van der Waals surface area contributed by atoms with Crippen LogP contribution in [0.5, 0.6) is 0 Å². The second-order valence-corrected chi connectivity index (χ2v) is 5.59. The number of nitrogens with two attached hydrogens (primary N) is 1. The second-order valence-electron chi connectivity index (χ2n) is 4.02. The Hall–Kier alpha value is -2.06. The Morgan fingerprint density at radius 1 is 1.32 bits per heavy atom. The number of amides is 1. The van der Waals surface area contributed by atoms with Gasteiger partial charge in [0.25, 0.3) is 5.91 Å². The van der Waals surface area contributed by atoms with Gasteiger partial charge in [-0.05, 0) is 24.3 Å². The fourth-order valence-corrected chi connectivity index (χ4v) is 2.12. The van der Waals surface area contributed by atoms with Crippen molar-refractivity contribution >= 4 is 33.1 Å². The van der Waals surface area contributed by atoms with Crippen LogP contribution in [-0.4, -0.2) is 25.8 Å². The number of sulfonamides is 1. The number of nitrogens with zero attached hydrogens (tertiary/aromatic N) is 2. The van der Waals surface area contributed by atoms with E-state index in [0.29, 0.717) is 5.69 Å². The zero-order valence-electron chi connectivity index (χ0n) is 10.0. The van der Waals surface area contributed by atoms with E-state index in [0.717, 1.165) is 5.01 Å². The standard InChI is InChI=1S/C11H11N3O4S/c1-7(15)10-6-11(16)14(13-10)8-2-4-9(5-3-8)19(12,17)18/h2-5H,6H2,1H3,(H2,12,17,18). The predicted octanol–water partition coefficient (Wildman–Crippen LogP) is 0.0157. The molecule has 0 saturated heterocycles. The molecule has 2 N–H and O–H groups in total. The molecular weight excluding hydrogens is 270 g/mol. The molecule has 1 amide bonds. The number of carbonyl (C=O) groups excluding carboxylic acids is 2. The maximum absolute atomic E-state index is 11.7. The van der Waals surface area contributed by atoms with Crippen LogP contribution < -0.4 is 10.1 Å². The highest BCUT2D eigenvalue weighted by molar-refractivity contribution is 7.89. The topological polar surface area (TPSA) is 110 Å². The minimum atomic E-state index is -3.77.